The van der Waals surface area contributed by atoms with Crippen LogP contribution in [-0.4, -0.2) is 66.4 Å². The SMILES string of the molecule is CC(C)(O)CC[C@H](O)[C@](C)(C1C=COC1(C)C)[C@H]1CC[C@@]2(O)C3=CC(=O)[C@@H]4C[C@@H](O)[C@@H](O)C[C@]4(C)[C@H]3CC[C@]12C. The van der Waals surface area contributed by atoms with E-state index >= 15 is 0 Å². The minimum atomic E-state index is -1.21. The fourth-order valence-corrected chi connectivity index (χ4v) is 10.4. The van der Waals surface area contributed by atoms with Crippen molar-refractivity contribution < 1.29 is 35.1 Å². The molecule has 1 unspecified atom stereocenters. The molecule has 4 aliphatic carbocycles. The van der Waals surface area contributed by atoms with E-state index in [1.165, 1.54) is 0 Å². The summed E-state index contributed by atoms with van der Waals surface area (Å²) >= 11 is 0. The van der Waals surface area contributed by atoms with Crippen LogP contribution in [0, 0.1) is 39.9 Å². The number of ether oxygens (including phenoxy) is 1. The summed E-state index contributed by atoms with van der Waals surface area (Å²) < 4.78 is 6.04. The molecule has 1 heterocycles. The van der Waals surface area contributed by atoms with Gasteiger partial charge in [0.05, 0.1) is 35.8 Å². The van der Waals surface area contributed by atoms with Crippen LogP contribution in [-0.2, 0) is 9.53 Å². The molecule has 3 saturated carbocycles. The highest BCUT2D eigenvalue weighted by Crippen LogP contribution is 2.71. The molecule has 0 aromatic carbocycles. The zero-order valence-electron chi connectivity index (χ0n) is 25.5. The van der Waals surface area contributed by atoms with Crippen LogP contribution in [0.2, 0.25) is 0 Å². The van der Waals surface area contributed by atoms with E-state index in [1.807, 2.05) is 13.8 Å². The van der Waals surface area contributed by atoms with Gasteiger partial charge in [0.25, 0.3) is 0 Å². The Morgan fingerprint density at radius 3 is 2.33 bits per heavy atom. The second kappa shape index (κ2) is 9.37. The lowest BCUT2D eigenvalue weighted by atomic mass is 9.44. The van der Waals surface area contributed by atoms with Gasteiger partial charge in [0.1, 0.15) is 5.60 Å². The van der Waals surface area contributed by atoms with Crippen molar-refractivity contribution in [2.24, 2.45) is 39.9 Å². The molecule has 0 saturated heterocycles. The Morgan fingerprint density at radius 2 is 1.73 bits per heavy atom. The van der Waals surface area contributed by atoms with Gasteiger partial charge in [0.15, 0.2) is 5.78 Å². The first kappa shape index (κ1) is 30.2. The van der Waals surface area contributed by atoms with Crippen molar-refractivity contribution in [3.63, 3.8) is 0 Å². The summed E-state index contributed by atoms with van der Waals surface area (Å²) in [7, 11) is 0. The number of hydrogen-bond donors (Lipinski definition) is 5. The number of rotatable bonds is 6. The predicted octanol–water partition coefficient (Wildman–Crippen LogP) is 4.05. The van der Waals surface area contributed by atoms with Crippen molar-refractivity contribution in [2.75, 3.05) is 0 Å². The Bertz CT molecular complexity index is 1090. The van der Waals surface area contributed by atoms with E-state index in [9.17, 15) is 30.3 Å². The van der Waals surface area contributed by atoms with Crippen LogP contribution < -0.4 is 0 Å². The summed E-state index contributed by atoms with van der Waals surface area (Å²) in [5.74, 6) is -0.648. The van der Waals surface area contributed by atoms with Gasteiger partial charge >= 0.3 is 0 Å². The van der Waals surface area contributed by atoms with E-state index in [-0.39, 0.29) is 35.9 Å². The molecule has 1 aliphatic heterocycles. The van der Waals surface area contributed by atoms with Crippen molar-refractivity contribution in [1.29, 1.82) is 0 Å². The molecule has 5 rings (SSSR count). The van der Waals surface area contributed by atoms with Crippen LogP contribution in [0.4, 0.5) is 0 Å². The number of aliphatic hydroxyl groups excluding tert-OH is 3. The highest BCUT2D eigenvalue weighted by atomic mass is 16.5. The van der Waals surface area contributed by atoms with Gasteiger partial charge in [-0.1, -0.05) is 20.8 Å². The van der Waals surface area contributed by atoms with E-state index in [2.05, 4.69) is 26.8 Å². The standard InChI is InChI=1S/C33H52O7/c1-28(2,38)12-10-27(37)32(7,25-11-15-40-29(25,3)4)26-9-14-33(39)20-16-22(34)21-17-23(35)24(36)18-30(21,5)19(20)8-13-31(26,33)6/h11,15-16,19,21,23-27,35-39H,8-10,12-14,17-18H2,1-7H3/t19-,21-,23+,24-,25?,26-,27-,30+,31+,32+,33+/m0/s1. The smallest absolute Gasteiger partial charge is 0.159 e. The molecule has 5 aliphatic rings. The second-order valence-electron chi connectivity index (χ2n) is 15.9. The molecule has 0 aromatic heterocycles. The lowest BCUT2D eigenvalue weighted by Gasteiger charge is -2.62. The Hall–Kier alpha value is -1.25. The third kappa shape index (κ3) is 4.20. The number of carbonyl (C=O) groups is 1. The second-order valence-corrected chi connectivity index (χ2v) is 15.9. The molecule has 226 valence electrons. The third-order valence-corrected chi connectivity index (χ3v) is 12.7. The van der Waals surface area contributed by atoms with Gasteiger partial charge in [-0.3, -0.25) is 4.79 Å². The quantitative estimate of drug-likeness (QED) is 0.332. The lowest BCUT2D eigenvalue weighted by molar-refractivity contribution is -0.171. The molecule has 5 N–H and O–H groups in total. The first-order valence-electron chi connectivity index (χ1n) is 15.4. The minimum absolute atomic E-state index is 0.0494. The van der Waals surface area contributed by atoms with Crippen molar-refractivity contribution in [1.82, 2.24) is 0 Å². The summed E-state index contributed by atoms with van der Waals surface area (Å²) in [4.78, 5) is 13.6. The molecular weight excluding hydrogens is 508 g/mol. The van der Waals surface area contributed by atoms with Crippen LogP contribution in [0.5, 0.6) is 0 Å². The Kier molecular flexibility index (Phi) is 7.08. The largest absolute Gasteiger partial charge is 0.495 e. The first-order chi connectivity index (χ1) is 18.3. The summed E-state index contributed by atoms with van der Waals surface area (Å²) in [5.41, 5.74) is -3.65. The average molecular weight is 561 g/mol. The Morgan fingerprint density at radius 1 is 1.05 bits per heavy atom. The first-order valence-corrected chi connectivity index (χ1v) is 15.4. The molecule has 0 bridgehead atoms. The predicted molar refractivity (Wildman–Crippen MR) is 152 cm³/mol. The fraction of sp³-hybridized carbons (Fsp3) is 0.848. The molecule has 7 nitrogen and oxygen atoms in total. The van der Waals surface area contributed by atoms with Crippen LogP contribution in [0.1, 0.15) is 99.8 Å². The van der Waals surface area contributed by atoms with Crippen LogP contribution >= 0.6 is 0 Å². The van der Waals surface area contributed by atoms with Gasteiger partial charge in [0, 0.05) is 22.7 Å². The zero-order valence-corrected chi connectivity index (χ0v) is 25.5. The van der Waals surface area contributed by atoms with Gasteiger partial charge < -0.3 is 30.3 Å². The van der Waals surface area contributed by atoms with Crippen LogP contribution in [0.15, 0.2) is 24.0 Å². The number of fused-ring (bicyclic) bond motifs is 5. The van der Waals surface area contributed by atoms with Gasteiger partial charge in [-0.25, -0.2) is 0 Å². The number of aliphatic hydroxyl groups is 5. The number of allylic oxidation sites excluding steroid dienone is 1. The van der Waals surface area contributed by atoms with E-state index in [4.69, 9.17) is 4.74 Å². The maximum absolute atomic E-state index is 13.6. The maximum Gasteiger partial charge on any atom is 0.159 e. The van der Waals surface area contributed by atoms with Gasteiger partial charge in [0.2, 0.25) is 0 Å². The topological polar surface area (TPSA) is 127 Å². The van der Waals surface area contributed by atoms with Crippen molar-refractivity contribution in [3.8, 4) is 0 Å². The van der Waals surface area contributed by atoms with E-state index in [1.54, 1.807) is 26.2 Å². The van der Waals surface area contributed by atoms with Gasteiger partial charge in [-0.05, 0) is 114 Å². The molecule has 0 spiro atoms. The van der Waals surface area contributed by atoms with Crippen LogP contribution in [0.3, 0.4) is 0 Å². The Labute approximate surface area is 239 Å². The van der Waals surface area contributed by atoms with E-state index < -0.39 is 51.4 Å². The summed E-state index contributed by atoms with van der Waals surface area (Å²) in [6, 6.07) is 0. The van der Waals surface area contributed by atoms with E-state index in [0.717, 1.165) is 18.4 Å². The molecule has 3 fully saturated rings. The summed E-state index contributed by atoms with van der Waals surface area (Å²) in [6.45, 7) is 14.0. The monoisotopic (exact) mass is 560 g/mol. The summed E-state index contributed by atoms with van der Waals surface area (Å²) in [6.07, 6.45) is 7.14. The molecule has 7 heteroatoms. The average Bonchev–Trinajstić information content (AvgIpc) is 3.34. The van der Waals surface area contributed by atoms with E-state index in [0.29, 0.717) is 32.1 Å². The lowest BCUT2D eigenvalue weighted by Crippen LogP contribution is -2.63. The molecule has 0 amide bonds. The van der Waals surface area contributed by atoms with Gasteiger partial charge in [-0.15, -0.1) is 0 Å². The summed E-state index contributed by atoms with van der Waals surface area (Å²) in [5, 5.41) is 56.3. The van der Waals surface area contributed by atoms with Crippen molar-refractivity contribution >= 4 is 5.78 Å². The number of carbonyl (C=O) groups excluding carboxylic acids is 1. The van der Waals surface area contributed by atoms with Crippen molar-refractivity contribution in [3.05, 3.63) is 24.0 Å². The highest BCUT2D eigenvalue weighted by molar-refractivity contribution is 5.95. The molecular formula is C33H52O7. The van der Waals surface area contributed by atoms with Gasteiger partial charge in [-0.2, -0.15) is 0 Å². The third-order valence-electron chi connectivity index (χ3n) is 12.7. The Balaban J connectivity index is 1.56. The number of ketones is 1. The normalized spacial score (nSPS) is 46.5. The minimum Gasteiger partial charge on any atom is -0.495 e. The van der Waals surface area contributed by atoms with Crippen molar-refractivity contribution in [2.45, 2.75) is 135 Å². The maximum atomic E-state index is 13.6. The molecule has 40 heavy (non-hydrogen) atoms. The number of hydrogen-bond acceptors (Lipinski definition) is 7. The molecule has 0 radical (unpaired) electrons. The van der Waals surface area contributed by atoms with Crippen LogP contribution in [0.25, 0.3) is 0 Å². The fourth-order valence-electron chi connectivity index (χ4n) is 10.4. The molecule has 0 aromatic rings. The zero-order chi connectivity index (χ0) is 29.7. The highest BCUT2D eigenvalue weighted by Gasteiger charge is 2.70. The molecule has 11 atom stereocenters.